The minimum atomic E-state index is -0.955. The van der Waals surface area contributed by atoms with Gasteiger partial charge in [-0.2, -0.15) is 0 Å². The summed E-state index contributed by atoms with van der Waals surface area (Å²) in [7, 11) is 0. The molecule has 4 rings (SSSR count). The van der Waals surface area contributed by atoms with Crippen LogP contribution >= 0.6 is 11.3 Å². The molecule has 0 aliphatic heterocycles. The highest BCUT2D eigenvalue weighted by Gasteiger charge is 2.22. The number of halogens is 2. The average molecular weight is 538 g/mol. The summed E-state index contributed by atoms with van der Waals surface area (Å²) in [5, 5.41) is 18.1. The first-order valence-electron chi connectivity index (χ1n) is 12.9. The van der Waals surface area contributed by atoms with E-state index in [4.69, 9.17) is 0 Å². The molecule has 5 nitrogen and oxygen atoms in total. The molecule has 0 saturated carbocycles. The van der Waals surface area contributed by atoms with Gasteiger partial charge in [0, 0.05) is 25.6 Å². The van der Waals surface area contributed by atoms with Crippen molar-refractivity contribution in [1.82, 2.24) is 15.6 Å². The molecule has 0 saturated heterocycles. The number of amides is 1. The third-order valence-corrected chi connectivity index (χ3v) is 7.50. The van der Waals surface area contributed by atoms with Crippen molar-refractivity contribution in [1.29, 1.82) is 0 Å². The third-order valence-electron chi connectivity index (χ3n) is 6.40. The molecule has 2 atom stereocenters. The molecule has 8 heteroatoms. The van der Waals surface area contributed by atoms with E-state index in [0.29, 0.717) is 24.9 Å². The zero-order valence-electron chi connectivity index (χ0n) is 21.4. The lowest BCUT2D eigenvalue weighted by Gasteiger charge is -2.25. The minimum Gasteiger partial charge on any atom is -0.390 e. The molecule has 1 aromatic heterocycles. The number of aliphatic hydroxyl groups is 1. The van der Waals surface area contributed by atoms with Crippen molar-refractivity contribution in [3.8, 4) is 0 Å². The first-order chi connectivity index (χ1) is 18.4. The number of benzene rings is 3. The molecule has 38 heavy (non-hydrogen) atoms. The van der Waals surface area contributed by atoms with Crippen molar-refractivity contribution in [2.24, 2.45) is 0 Å². The second-order valence-corrected chi connectivity index (χ2v) is 10.6. The zero-order chi connectivity index (χ0) is 26.9. The number of para-hydroxylation sites is 1. The number of thiazole rings is 1. The predicted octanol–water partition coefficient (Wildman–Crippen LogP) is 5.34. The minimum absolute atomic E-state index is 0.104. The van der Waals surface area contributed by atoms with Gasteiger partial charge in [0.2, 0.25) is 5.91 Å². The van der Waals surface area contributed by atoms with Crippen molar-refractivity contribution >= 4 is 27.5 Å². The van der Waals surface area contributed by atoms with Crippen LogP contribution in [0.15, 0.2) is 66.7 Å². The lowest BCUT2D eigenvalue weighted by molar-refractivity contribution is -0.122. The topological polar surface area (TPSA) is 74.2 Å². The van der Waals surface area contributed by atoms with Crippen molar-refractivity contribution in [2.45, 2.75) is 57.7 Å². The molecule has 0 radical (unpaired) electrons. The summed E-state index contributed by atoms with van der Waals surface area (Å²) < 4.78 is 28.7. The number of carbonyl (C=O) groups excluding carboxylic acids is 1. The second-order valence-electron chi connectivity index (χ2n) is 9.46. The number of nitrogens with one attached hydrogen (secondary N) is 2. The number of nitrogens with zero attached hydrogens (tertiary/aromatic N) is 1. The monoisotopic (exact) mass is 537 g/mol. The lowest BCUT2D eigenvalue weighted by Crippen LogP contribution is -2.48. The van der Waals surface area contributed by atoms with E-state index in [2.05, 4.69) is 34.7 Å². The summed E-state index contributed by atoms with van der Waals surface area (Å²) in [5.41, 5.74) is 3.65. The Kier molecular flexibility index (Phi) is 9.92. The number of aliphatic hydroxyl groups excluding tert-OH is 1. The fourth-order valence-corrected chi connectivity index (χ4v) is 5.45. The number of fused-ring (bicyclic) bond motifs is 1. The zero-order valence-corrected chi connectivity index (χ0v) is 22.2. The molecular formula is C30H33F2N3O2S. The van der Waals surface area contributed by atoms with Crippen LogP contribution in [0.4, 0.5) is 8.78 Å². The number of aromatic nitrogens is 1. The number of rotatable bonds is 13. The van der Waals surface area contributed by atoms with Gasteiger partial charge in [-0.15, -0.1) is 11.3 Å². The fraction of sp³-hybridized carbons (Fsp3) is 0.333. The van der Waals surface area contributed by atoms with Gasteiger partial charge < -0.3 is 15.7 Å². The van der Waals surface area contributed by atoms with Crippen LogP contribution in [0.5, 0.6) is 0 Å². The Bertz CT molecular complexity index is 1310. The van der Waals surface area contributed by atoms with Gasteiger partial charge in [0.1, 0.15) is 11.6 Å². The summed E-state index contributed by atoms with van der Waals surface area (Å²) in [5.74, 6) is -1.60. The molecule has 0 aliphatic carbocycles. The molecule has 200 valence electrons. The van der Waals surface area contributed by atoms with Crippen LogP contribution in [0.1, 0.15) is 41.5 Å². The van der Waals surface area contributed by atoms with E-state index >= 15 is 0 Å². The number of hydrogen-bond acceptors (Lipinski definition) is 5. The van der Waals surface area contributed by atoms with Gasteiger partial charge in [-0.3, -0.25) is 4.79 Å². The van der Waals surface area contributed by atoms with Crippen molar-refractivity contribution in [2.75, 3.05) is 6.54 Å². The lowest BCUT2D eigenvalue weighted by atomic mass is 10.00. The van der Waals surface area contributed by atoms with Gasteiger partial charge in [-0.1, -0.05) is 43.3 Å². The van der Waals surface area contributed by atoms with Gasteiger partial charge in [-0.05, 0) is 66.6 Å². The Balaban J connectivity index is 1.34. The van der Waals surface area contributed by atoms with Crippen molar-refractivity contribution < 1.29 is 18.7 Å². The highest BCUT2D eigenvalue weighted by atomic mass is 32.1. The summed E-state index contributed by atoms with van der Waals surface area (Å²) in [4.78, 5) is 17.4. The molecule has 0 fully saturated rings. The van der Waals surface area contributed by atoms with Crippen LogP contribution < -0.4 is 10.6 Å². The molecule has 0 bridgehead atoms. The molecule has 3 aromatic carbocycles. The maximum atomic E-state index is 13.8. The van der Waals surface area contributed by atoms with E-state index in [-0.39, 0.29) is 25.3 Å². The first-order valence-corrected chi connectivity index (χ1v) is 13.8. The Morgan fingerprint density at radius 1 is 1.00 bits per heavy atom. The molecule has 0 spiro atoms. The Hall–Kier alpha value is -3.20. The Labute approximate surface area is 225 Å². The molecule has 0 aliphatic rings. The third kappa shape index (κ3) is 8.15. The maximum absolute atomic E-state index is 13.8. The normalized spacial score (nSPS) is 12.9. The van der Waals surface area contributed by atoms with Crippen LogP contribution in [0.2, 0.25) is 0 Å². The Morgan fingerprint density at radius 2 is 1.76 bits per heavy atom. The van der Waals surface area contributed by atoms with Gasteiger partial charge >= 0.3 is 0 Å². The van der Waals surface area contributed by atoms with E-state index < -0.39 is 23.8 Å². The van der Waals surface area contributed by atoms with Crippen LogP contribution in [-0.4, -0.2) is 34.7 Å². The maximum Gasteiger partial charge on any atom is 0.220 e. The molecule has 2 unspecified atom stereocenters. The summed E-state index contributed by atoms with van der Waals surface area (Å²) in [6.45, 7) is 2.87. The highest BCUT2D eigenvalue weighted by molar-refractivity contribution is 7.18. The molecule has 1 amide bonds. The number of hydrogen-bond donors (Lipinski definition) is 3. The van der Waals surface area contributed by atoms with Crippen LogP contribution in [0.3, 0.4) is 0 Å². The van der Waals surface area contributed by atoms with Crippen LogP contribution in [-0.2, 0) is 30.6 Å². The average Bonchev–Trinajstić information content (AvgIpc) is 3.30. The predicted molar refractivity (Wildman–Crippen MR) is 148 cm³/mol. The number of aryl methyl sites for hydroxylation is 2. The SMILES string of the molecule is CCc1cccc(CNCC(O)C(Cc2cc(F)cc(F)c2)NC(=O)CCCc2nc3ccccc3s2)c1. The smallest absolute Gasteiger partial charge is 0.220 e. The highest BCUT2D eigenvalue weighted by Crippen LogP contribution is 2.22. The largest absolute Gasteiger partial charge is 0.390 e. The van der Waals surface area contributed by atoms with E-state index in [1.54, 1.807) is 11.3 Å². The molecular weight excluding hydrogens is 504 g/mol. The molecule has 3 N–H and O–H groups in total. The van der Waals surface area contributed by atoms with E-state index in [9.17, 15) is 18.7 Å². The summed E-state index contributed by atoms with van der Waals surface area (Å²) in [6.07, 6.45) is 1.63. The van der Waals surface area contributed by atoms with Crippen molar-refractivity contribution in [3.63, 3.8) is 0 Å². The van der Waals surface area contributed by atoms with Gasteiger partial charge in [-0.25, -0.2) is 13.8 Å². The van der Waals surface area contributed by atoms with Crippen LogP contribution in [0.25, 0.3) is 10.2 Å². The quantitative estimate of drug-likeness (QED) is 0.215. The standard InChI is InChI=1S/C30H33F2N3O2S/c1-2-20-7-5-8-21(13-20)18-33-19-27(36)26(16-22-14-23(31)17-24(32)15-22)34-29(37)11-6-12-30-35-25-9-3-4-10-28(25)38-30/h3-5,7-10,13-15,17,26-27,33,36H,2,6,11-12,16,18-19H2,1H3,(H,34,37). The van der Waals surface area contributed by atoms with E-state index in [0.717, 1.165) is 33.3 Å². The van der Waals surface area contributed by atoms with Gasteiger partial charge in [0.05, 0.1) is 27.4 Å². The Morgan fingerprint density at radius 3 is 2.53 bits per heavy atom. The number of carbonyl (C=O) groups is 1. The van der Waals surface area contributed by atoms with Gasteiger partial charge in [0.15, 0.2) is 0 Å². The van der Waals surface area contributed by atoms with Crippen molar-refractivity contribution in [3.05, 3.63) is 100 Å². The fourth-order valence-electron chi connectivity index (χ4n) is 4.44. The van der Waals surface area contributed by atoms with Crippen LogP contribution in [0, 0.1) is 11.6 Å². The molecule has 4 aromatic rings. The summed E-state index contributed by atoms with van der Waals surface area (Å²) >= 11 is 1.62. The first kappa shape index (κ1) is 27.8. The summed E-state index contributed by atoms with van der Waals surface area (Å²) in [6, 6.07) is 18.7. The van der Waals surface area contributed by atoms with E-state index in [1.165, 1.54) is 17.7 Å². The van der Waals surface area contributed by atoms with E-state index in [1.807, 2.05) is 36.4 Å². The second kappa shape index (κ2) is 13.6. The molecule has 1 heterocycles. The van der Waals surface area contributed by atoms with Gasteiger partial charge in [0.25, 0.3) is 0 Å².